The largest absolute Gasteiger partial charge is 0.0990 e. The molecule has 0 saturated carbocycles. The molecule has 0 atom stereocenters. The highest BCUT2D eigenvalue weighted by Gasteiger charge is 2.22. The fraction of sp³-hybridized carbons (Fsp3) is 0.385. The maximum absolute atomic E-state index is 4.12. The first-order valence-corrected chi connectivity index (χ1v) is 4.82. The SMILES string of the molecule is C=C(CC)C(C)(C)c1ccccc1. The topological polar surface area (TPSA) is 0 Å². The van der Waals surface area contributed by atoms with Gasteiger partial charge in [-0.2, -0.15) is 0 Å². The Hall–Kier alpha value is -1.04. The molecule has 0 heteroatoms. The third-order valence-corrected chi connectivity index (χ3v) is 2.81. The van der Waals surface area contributed by atoms with E-state index in [9.17, 15) is 0 Å². The Bertz CT molecular complexity index is 280. The van der Waals surface area contributed by atoms with Crippen LogP contribution in [0.5, 0.6) is 0 Å². The van der Waals surface area contributed by atoms with Gasteiger partial charge < -0.3 is 0 Å². The third-order valence-electron chi connectivity index (χ3n) is 2.81. The monoisotopic (exact) mass is 174 g/mol. The molecule has 70 valence electrons. The predicted molar refractivity (Wildman–Crippen MR) is 58.9 cm³/mol. The van der Waals surface area contributed by atoms with E-state index in [1.807, 2.05) is 6.07 Å². The highest BCUT2D eigenvalue weighted by molar-refractivity contribution is 5.32. The van der Waals surface area contributed by atoms with E-state index in [2.05, 4.69) is 51.6 Å². The summed E-state index contributed by atoms with van der Waals surface area (Å²) in [5, 5.41) is 0. The lowest BCUT2D eigenvalue weighted by atomic mass is 9.77. The lowest BCUT2D eigenvalue weighted by Crippen LogP contribution is -2.19. The summed E-state index contributed by atoms with van der Waals surface area (Å²) in [7, 11) is 0. The summed E-state index contributed by atoms with van der Waals surface area (Å²) in [6, 6.07) is 10.6. The van der Waals surface area contributed by atoms with Gasteiger partial charge in [0.25, 0.3) is 0 Å². The van der Waals surface area contributed by atoms with Crippen LogP contribution in [0.1, 0.15) is 32.8 Å². The summed E-state index contributed by atoms with van der Waals surface area (Å²) >= 11 is 0. The minimum Gasteiger partial charge on any atom is -0.0990 e. The Morgan fingerprint density at radius 1 is 1.23 bits per heavy atom. The van der Waals surface area contributed by atoms with E-state index >= 15 is 0 Å². The standard InChI is InChI=1S/C13H18/c1-5-11(2)13(3,4)12-9-7-6-8-10-12/h6-10H,2,5H2,1,3-4H3. The zero-order valence-electron chi connectivity index (χ0n) is 8.80. The number of hydrogen-bond acceptors (Lipinski definition) is 0. The molecule has 0 nitrogen and oxygen atoms in total. The Morgan fingerprint density at radius 3 is 2.23 bits per heavy atom. The molecule has 1 rings (SSSR count). The van der Waals surface area contributed by atoms with Crippen molar-refractivity contribution in [1.29, 1.82) is 0 Å². The van der Waals surface area contributed by atoms with Gasteiger partial charge in [-0.15, -0.1) is 0 Å². The number of allylic oxidation sites excluding steroid dienone is 1. The molecule has 0 aromatic heterocycles. The highest BCUT2D eigenvalue weighted by Crippen LogP contribution is 2.31. The van der Waals surface area contributed by atoms with E-state index in [-0.39, 0.29) is 5.41 Å². The van der Waals surface area contributed by atoms with E-state index in [4.69, 9.17) is 0 Å². The van der Waals surface area contributed by atoms with Gasteiger partial charge in [0.05, 0.1) is 0 Å². The molecule has 0 aliphatic rings. The fourth-order valence-corrected chi connectivity index (χ4v) is 1.50. The van der Waals surface area contributed by atoms with E-state index in [1.54, 1.807) is 0 Å². The van der Waals surface area contributed by atoms with Crippen LogP contribution in [0.2, 0.25) is 0 Å². The van der Waals surface area contributed by atoms with Gasteiger partial charge in [-0.25, -0.2) is 0 Å². The van der Waals surface area contributed by atoms with Gasteiger partial charge in [0.15, 0.2) is 0 Å². The Morgan fingerprint density at radius 2 is 1.77 bits per heavy atom. The molecule has 0 amide bonds. The quantitative estimate of drug-likeness (QED) is 0.609. The van der Waals surface area contributed by atoms with Crippen molar-refractivity contribution in [2.45, 2.75) is 32.6 Å². The molecule has 0 fully saturated rings. The van der Waals surface area contributed by atoms with Gasteiger partial charge in [-0.3, -0.25) is 0 Å². The van der Waals surface area contributed by atoms with Crippen LogP contribution >= 0.6 is 0 Å². The van der Waals surface area contributed by atoms with E-state index < -0.39 is 0 Å². The van der Waals surface area contributed by atoms with Crippen molar-refractivity contribution >= 4 is 0 Å². The molecule has 0 unspecified atom stereocenters. The van der Waals surface area contributed by atoms with Crippen LogP contribution in [0, 0.1) is 0 Å². The van der Waals surface area contributed by atoms with Crippen molar-refractivity contribution < 1.29 is 0 Å². The van der Waals surface area contributed by atoms with Gasteiger partial charge >= 0.3 is 0 Å². The fourth-order valence-electron chi connectivity index (χ4n) is 1.50. The zero-order chi connectivity index (χ0) is 9.90. The first-order chi connectivity index (χ1) is 6.09. The molecular weight excluding hydrogens is 156 g/mol. The Labute approximate surface area is 81.3 Å². The number of hydrogen-bond donors (Lipinski definition) is 0. The van der Waals surface area contributed by atoms with Crippen LogP contribution in [-0.4, -0.2) is 0 Å². The van der Waals surface area contributed by atoms with Crippen LogP contribution in [0.25, 0.3) is 0 Å². The first-order valence-electron chi connectivity index (χ1n) is 4.82. The zero-order valence-corrected chi connectivity index (χ0v) is 8.80. The van der Waals surface area contributed by atoms with Crippen LogP contribution in [0.15, 0.2) is 42.5 Å². The first kappa shape index (κ1) is 10.0. The van der Waals surface area contributed by atoms with Crippen LogP contribution in [-0.2, 0) is 5.41 Å². The van der Waals surface area contributed by atoms with Crippen molar-refractivity contribution in [3.8, 4) is 0 Å². The lowest BCUT2D eigenvalue weighted by Gasteiger charge is -2.27. The molecule has 0 spiro atoms. The van der Waals surface area contributed by atoms with Gasteiger partial charge in [-0.1, -0.05) is 63.3 Å². The van der Waals surface area contributed by atoms with Gasteiger partial charge in [0, 0.05) is 5.41 Å². The maximum Gasteiger partial charge on any atom is 0.0102 e. The van der Waals surface area contributed by atoms with Crippen molar-refractivity contribution in [3.63, 3.8) is 0 Å². The summed E-state index contributed by atoms with van der Waals surface area (Å²) < 4.78 is 0. The van der Waals surface area contributed by atoms with Crippen molar-refractivity contribution in [1.82, 2.24) is 0 Å². The minimum absolute atomic E-state index is 0.107. The molecule has 0 radical (unpaired) electrons. The predicted octanol–water partition coefficient (Wildman–Crippen LogP) is 3.93. The average molecular weight is 174 g/mol. The second kappa shape index (κ2) is 3.78. The van der Waals surface area contributed by atoms with Crippen LogP contribution < -0.4 is 0 Å². The molecule has 13 heavy (non-hydrogen) atoms. The second-order valence-electron chi connectivity index (χ2n) is 3.95. The van der Waals surface area contributed by atoms with E-state index in [1.165, 1.54) is 11.1 Å². The molecule has 1 aromatic rings. The Kier molecular flexibility index (Phi) is 2.92. The number of rotatable bonds is 3. The summed E-state index contributed by atoms with van der Waals surface area (Å²) in [6.07, 6.45) is 1.04. The minimum atomic E-state index is 0.107. The molecular formula is C13H18. The summed E-state index contributed by atoms with van der Waals surface area (Å²) in [5.41, 5.74) is 2.75. The smallest absolute Gasteiger partial charge is 0.0102 e. The van der Waals surface area contributed by atoms with Gasteiger partial charge in [0.2, 0.25) is 0 Å². The molecule has 0 heterocycles. The van der Waals surface area contributed by atoms with Crippen molar-refractivity contribution in [3.05, 3.63) is 48.0 Å². The number of benzene rings is 1. The maximum atomic E-state index is 4.12. The molecule has 1 aromatic carbocycles. The van der Waals surface area contributed by atoms with Crippen molar-refractivity contribution in [2.24, 2.45) is 0 Å². The van der Waals surface area contributed by atoms with Crippen LogP contribution in [0.3, 0.4) is 0 Å². The van der Waals surface area contributed by atoms with Crippen LogP contribution in [0.4, 0.5) is 0 Å². The second-order valence-corrected chi connectivity index (χ2v) is 3.95. The van der Waals surface area contributed by atoms with E-state index in [0.29, 0.717) is 0 Å². The summed E-state index contributed by atoms with van der Waals surface area (Å²) in [4.78, 5) is 0. The normalized spacial score (nSPS) is 11.3. The molecule has 0 aliphatic heterocycles. The van der Waals surface area contributed by atoms with E-state index in [0.717, 1.165) is 6.42 Å². The molecule has 0 saturated heterocycles. The molecule has 0 aliphatic carbocycles. The summed E-state index contributed by atoms with van der Waals surface area (Å²) in [5.74, 6) is 0. The molecule has 0 N–H and O–H groups in total. The Balaban J connectivity index is 3.00. The highest BCUT2D eigenvalue weighted by atomic mass is 14.3. The van der Waals surface area contributed by atoms with Crippen molar-refractivity contribution in [2.75, 3.05) is 0 Å². The molecule has 0 bridgehead atoms. The third kappa shape index (κ3) is 2.00. The van der Waals surface area contributed by atoms with Gasteiger partial charge in [-0.05, 0) is 12.0 Å². The lowest BCUT2D eigenvalue weighted by molar-refractivity contribution is 0.604. The van der Waals surface area contributed by atoms with Gasteiger partial charge in [0.1, 0.15) is 0 Å². The average Bonchev–Trinajstić information content (AvgIpc) is 2.18. The summed E-state index contributed by atoms with van der Waals surface area (Å²) in [6.45, 7) is 10.7.